The molecule has 0 radical (unpaired) electrons. The predicted molar refractivity (Wildman–Crippen MR) is 69.7 cm³/mol. The van der Waals surface area contributed by atoms with Gasteiger partial charge in [-0.25, -0.2) is 0 Å². The number of hydrogen-bond donors (Lipinski definition) is 1. The highest BCUT2D eigenvalue weighted by Gasteiger charge is 2.07. The zero-order chi connectivity index (χ0) is 13.0. The van der Waals surface area contributed by atoms with E-state index in [4.69, 9.17) is 4.74 Å². The Hall–Kier alpha value is -2.13. The molecule has 0 saturated heterocycles. The average Bonchev–Trinajstić information content (AvgIpc) is 2.46. The van der Waals surface area contributed by atoms with E-state index in [9.17, 15) is 9.90 Å². The third-order valence-electron chi connectivity index (χ3n) is 2.86. The summed E-state index contributed by atoms with van der Waals surface area (Å²) in [7, 11) is 1.53. The van der Waals surface area contributed by atoms with Crippen LogP contribution in [0.2, 0.25) is 0 Å². The molecule has 18 heavy (non-hydrogen) atoms. The molecule has 0 aliphatic carbocycles. The third kappa shape index (κ3) is 2.26. The van der Waals surface area contributed by atoms with Crippen molar-refractivity contribution >= 4 is 6.29 Å². The first-order valence-corrected chi connectivity index (χ1v) is 5.62. The lowest BCUT2D eigenvalue weighted by atomic mass is 9.98. The summed E-state index contributed by atoms with van der Waals surface area (Å²) in [5.74, 6) is 0.551. The van der Waals surface area contributed by atoms with Gasteiger partial charge in [-0.1, -0.05) is 30.3 Å². The maximum Gasteiger partial charge on any atom is 0.153 e. The minimum absolute atomic E-state index is 0.0291. The fraction of sp³-hybridized carbons (Fsp3) is 0.133. The molecule has 0 saturated carbocycles. The van der Waals surface area contributed by atoms with Gasteiger partial charge in [0.1, 0.15) is 5.75 Å². The lowest BCUT2D eigenvalue weighted by molar-refractivity contribution is 0.112. The van der Waals surface area contributed by atoms with Crippen LogP contribution in [0.4, 0.5) is 0 Å². The zero-order valence-corrected chi connectivity index (χ0v) is 10.1. The van der Waals surface area contributed by atoms with Gasteiger partial charge in [0, 0.05) is 0 Å². The number of ether oxygens (including phenoxy) is 1. The molecule has 0 aliphatic heterocycles. The van der Waals surface area contributed by atoms with Crippen molar-refractivity contribution in [2.24, 2.45) is 0 Å². The molecule has 0 aliphatic rings. The van der Waals surface area contributed by atoms with E-state index in [0.717, 1.165) is 23.0 Å². The van der Waals surface area contributed by atoms with Gasteiger partial charge >= 0.3 is 0 Å². The van der Waals surface area contributed by atoms with Gasteiger partial charge in [-0.2, -0.15) is 0 Å². The van der Waals surface area contributed by atoms with Gasteiger partial charge in [-0.05, 0) is 28.8 Å². The normalized spacial score (nSPS) is 10.1. The fourth-order valence-corrected chi connectivity index (χ4v) is 1.93. The van der Waals surface area contributed by atoms with E-state index < -0.39 is 0 Å². The molecule has 2 aromatic carbocycles. The van der Waals surface area contributed by atoms with Crippen LogP contribution < -0.4 is 4.74 Å². The molecular formula is C15H14O3. The van der Waals surface area contributed by atoms with Gasteiger partial charge in [0.2, 0.25) is 0 Å². The summed E-state index contributed by atoms with van der Waals surface area (Å²) in [5, 5.41) is 9.31. The highest BCUT2D eigenvalue weighted by atomic mass is 16.5. The van der Waals surface area contributed by atoms with Crippen LogP contribution in [0, 0.1) is 0 Å². The molecule has 0 fully saturated rings. The Labute approximate surface area is 106 Å². The van der Waals surface area contributed by atoms with E-state index in [1.54, 1.807) is 12.1 Å². The number of aldehydes is 1. The summed E-state index contributed by atoms with van der Waals surface area (Å²) in [6.07, 6.45) is 0.768. The first-order valence-electron chi connectivity index (χ1n) is 5.62. The number of carbonyl (C=O) groups excluding carboxylic acids is 1. The van der Waals surface area contributed by atoms with Crippen LogP contribution in [-0.4, -0.2) is 18.5 Å². The molecule has 0 amide bonds. The van der Waals surface area contributed by atoms with Crippen molar-refractivity contribution in [1.29, 1.82) is 0 Å². The maximum absolute atomic E-state index is 11.0. The molecule has 0 atom stereocenters. The monoisotopic (exact) mass is 242 g/mol. The summed E-state index contributed by atoms with van der Waals surface area (Å²) >= 11 is 0. The molecule has 0 heterocycles. The van der Waals surface area contributed by atoms with Crippen molar-refractivity contribution in [2.75, 3.05) is 7.11 Å². The van der Waals surface area contributed by atoms with Crippen LogP contribution in [0.1, 0.15) is 15.9 Å². The smallest absolute Gasteiger partial charge is 0.153 e. The first kappa shape index (κ1) is 12.3. The molecule has 2 aromatic rings. The SMILES string of the molecule is COc1ccc(-c2ccccc2CO)cc1C=O. The minimum atomic E-state index is -0.0291. The van der Waals surface area contributed by atoms with Gasteiger partial charge in [-0.15, -0.1) is 0 Å². The van der Waals surface area contributed by atoms with Crippen LogP contribution >= 0.6 is 0 Å². The van der Waals surface area contributed by atoms with E-state index in [2.05, 4.69) is 0 Å². The third-order valence-corrected chi connectivity index (χ3v) is 2.86. The largest absolute Gasteiger partial charge is 0.496 e. The fourth-order valence-electron chi connectivity index (χ4n) is 1.93. The Kier molecular flexibility index (Phi) is 3.75. The van der Waals surface area contributed by atoms with Crippen LogP contribution in [0.3, 0.4) is 0 Å². The molecule has 0 aromatic heterocycles. The van der Waals surface area contributed by atoms with Gasteiger partial charge in [0.25, 0.3) is 0 Å². The lowest BCUT2D eigenvalue weighted by Gasteiger charge is -2.10. The van der Waals surface area contributed by atoms with E-state index in [1.165, 1.54) is 7.11 Å². The Balaban J connectivity index is 2.54. The number of methoxy groups -OCH3 is 1. The summed E-state index contributed by atoms with van der Waals surface area (Å²) in [6, 6.07) is 13.0. The molecule has 1 N–H and O–H groups in total. The maximum atomic E-state index is 11.0. The lowest BCUT2D eigenvalue weighted by Crippen LogP contribution is -1.93. The number of aliphatic hydroxyl groups excluding tert-OH is 1. The summed E-state index contributed by atoms with van der Waals surface area (Å²) in [4.78, 5) is 11.0. The summed E-state index contributed by atoms with van der Waals surface area (Å²) < 4.78 is 5.10. The molecule has 0 unspecified atom stereocenters. The van der Waals surface area contributed by atoms with Crippen molar-refractivity contribution < 1.29 is 14.6 Å². The van der Waals surface area contributed by atoms with E-state index in [1.807, 2.05) is 30.3 Å². The minimum Gasteiger partial charge on any atom is -0.496 e. The van der Waals surface area contributed by atoms with Crippen LogP contribution in [0.5, 0.6) is 5.75 Å². The molecule has 3 nitrogen and oxygen atoms in total. The van der Waals surface area contributed by atoms with E-state index in [0.29, 0.717) is 11.3 Å². The van der Waals surface area contributed by atoms with E-state index in [-0.39, 0.29) is 6.61 Å². The molecule has 2 rings (SSSR count). The number of aliphatic hydroxyl groups is 1. The zero-order valence-electron chi connectivity index (χ0n) is 10.1. The Morgan fingerprint density at radius 1 is 1.22 bits per heavy atom. The highest BCUT2D eigenvalue weighted by molar-refractivity contribution is 5.83. The topological polar surface area (TPSA) is 46.5 Å². The van der Waals surface area contributed by atoms with Gasteiger partial charge in [0.15, 0.2) is 6.29 Å². The number of carbonyl (C=O) groups is 1. The number of hydrogen-bond acceptors (Lipinski definition) is 3. The second-order valence-electron chi connectivity index (χ2n) is 3.89. The Bertz CT molecular complexity index is 561. The molecule has 92 valence electrons. The van der Waals surface area contributed by atoms with Crippen molar-refractivity contribution in [2.45, 2.75) is 6.61 Å². The van der Waals surface area contributed by atoms with E-state index >= 15 is 0 Å². The van der Waals surface area contributed by atoms with Gasteiger partial charge in [0.05, 0.1) is 19.3 Å². The molecule has 3 heteroatoms. The van der Waals surface area contributed by atoms with Gasteiger partial charge < -0.3 is 9.84 Å². The quantitative estimate of drug-likeness (QED) is 0.838. The molecule has 0 bridgehead atoms. The molecule has 0 spiro atoms. The van der Waals surface area contributed by atoms with Crippen molar-refractivity contribution in [3.63, 3.8) is 0 Å². The number of benzene rings is 2. The summed E-state index contributed by atoms with van der Waals surface area (Å²) in [5.41, 5.74) is 3.15. The van der Waals surface area contributed by atoms with Crippen LogP contribution in [-0.2, 0) is 6.61 Å². The molecular weight excluding hydrogens is 228 g/mol. The second kappa shape index (κ2) is 5.47. The average molecular weight is 242 g/mol. The van der Waals surface area contributed by atoms with Crippen LogP contribution in [0.25, 0.3) is 11.1 Å². The highest BCUT2D eigenvalue weighted by Crippen LogP contribution is 2.28. The Morgan fingerprint density at radius 3 is 2.67 bits per heavy atom. The van der Waals surface area contributed by atoms with Crippen molar-refractivity contribution in [3.05, 3.63) is 53.6 Å². The number of rotatable bonds is 4. The van der Waals surface area contributed by atoms with Crippen LogP contribution in [0.15, 0.2) is 42.5 Å². The second-order valence-corrected chi connectivity index (χ2v) is 3.89. The standard InChI is InChI=1S/C15H14O3/c1-18-15-7-6-11(8-13(15)10-17)14-5-3-2-4-12(14)9-16/h2-8,10,16H,9H2,1H3. The predicted octanol–water partition coefficient (Wildman–Crippen LogP) is 2.67. The van der Waals surface area contributed by atoms with Gasteiger partial charge in [-0.3, -0.25) is 4.79 Å². The van der Waals surface area contributed by atoms with Crippen molar-refractivity contribution in [1.82, 2.24) is 0 Å². The Morgan fingerprint density at radius 2 is 2.00 bits per heavy atom. The summed E-state index contributed by atoms with van der Waals surface area (Å²) in [6.45, 7) is -0.0291. The first-order chi connectivity index (χ1) is 8.80. The van der Waals surface area contributed by atoms with Crippen molar-refractivity contribution in [3.8, 4) is 16.9 Å².